The zero-order valence-corrected chi connectivity index (χ0v) is 12.4. The number of halogens is 4. The zero-order valence-electron chi connectivity index (χ0n) is 10.8. The fraction of sp³-hybridized carbons (Fsp3) is 0.538. The molecule has 1 fully saturated rings. The molecule has 0 unspecified atom stereocenters. The van der Waals surface area contributed by atoms with Crippen molar-refractivity contribution in [2.45, 2.75) is 19.2 Å². The number of rotatable bonds is 5. The molecule has 1 N–H and O–H groups in total. The van der Waals surface area contributed by atoms with E-state index >= 15 is 0 Å². The smallest absolute Gasteiger partial charge is 0.405 e. The van der Waals surface area contributed by atoms with Gasteiger partial charge in [0.2, 0.25) is 0 Å². The predicted molar refractivity (Wildman–Crippen MR) is 75.0 cm³/mol. The number of ether oxygens (including phenoxy) is 1. The van der Waals surface area contributed by atoms with E-state index in [-0.39, 0.29) is 10.2 Å². The Morgan fingerprint density at radius 3 is 2.55 bits per heavy atom. The summed E-state index contributed by atoms with van der Waals surface area (Å²) < 4.78 is 40.6. The molecule has 1 saturated heterocycles. The van der Waals surface area contributed by atoms with Crippen molar-refractivity contribution in [2.75, 3.05) is 31.5 Å². The van der Waals surface area contributed by atoms with Gasteiger partial charge >= 0.3 is 6.36 Å². The number of hydrogen-bond acceptors (Lipinski definition) is 3. The minimum absolute atomic E-state index is 0.234. The molecule has 0 bridgehead atoms. The molecule has 1 aromatic rings. The first kappa shape index (κ1) is 15.4. The Hall–Kier alpha value is -0.950. The second-order valence-corrected chi connectivity index (χ2v) is 5.52. The first-order valence-corrected chi connectivity index (χ1v) is 7.25. The van der Waals surface area contributed by atoms with Crippen LogP contribution < -0.4 is 10.1 Å². The van der Waals surface area contributed by atoms with E-state index in [2.05, 4.69) is 30.9 Å². The van der Waals surface area contributed by atoms with E-state index in [4.69, 9.17) is 0 Å². The van der Waals surface area contributed by atoms with Gasteiger partial charge in [0.1, 0.15) is 5.75 Å². The normalized spacial score (nSPS) is 16.4. The van der Waals surface area contributed by atoms with E-state index in [0.717, 1.165) is 31.9 Å². The van der Waals surface area contributed by atoms with Crippen molar-refractivity contribution < 1.29 is 17.9 Å². The van der Waals surface area contributed by atoms with Gasteiger partial charge in [-0.1, -0.05) is 0 Å². The minimum Gasteiger partial charge on any atom is -0.405 e. The minimum atomic E-state index is -4.67. The van der Waals surface area contributed by atoms with Crippen LogP contribution in [0.2, 0.25) is 0 Å². The molecule has 2 rings (SSSR count). The number of likely N-dealkylation sites (tertiary alicyclic amines) is 1. The van der Waals surface area contributed by atoms with Crippen LogP contribution in [-0.2, 0) is 0 Å². The molecule has 0 spiro atoms. The molecule has 0 amide bonds. The van der Waals surface area contributed by atoms with Crippen molar-refractivity contribution in [3.05, 3.63) is 22.7 Å². The lowest BCUT2D eigenvalue weighted by Crippen LogP contribution is -2.25. The van der Waals surface area contributed by atoms with Crippen molar-refractivity contribution in [3.8, 4) is 5.75 Å². The van der Waals surface area contributed by atoms with Crippen molar-refractivity contribution in [1.82, 2.24) is 4.90 Å². The summed E-state index contributed by atoms with van der Waals surface area (Å²) in [6, 6.07) is 4.47. The summed E-state index contributed by atoms with van der Waals surface area (Å²) in [4.78, 5) is 2.36. The second-order valence-electron chi connectivity index (χ2n) is 4.67. The third kappa shape index (κ3) is 4.86. The maximum Gasteiger partial charge on any atom is 0.573 e. The Bertz CT molecular complexity index is 448. The molecule has 1 aliphatic heterocycles. The molecule has 0 radical (unpaired) electrons. The summed E-state index contributed by atoms with van der Waals surface area (Å²) >= 11 is 3.08. The van der Waals surface area contributed by atoms with E-state index in [1.807, 2.05) is 0 Å². The zero-order chi connectivity index (χ0) is 14.6. The van der Waals surface area contributed by atoms with Crippen LogP contribution in [-0.4, -0.2) is 37.4 Å². The van der Waals surface area contributed by atoms with Crippen molar-refractivity contribution in [1.29, 1.82) is 0 Å². The van der Waals surface area contributed by atoms with Crippen LogP contribution in [0.25, 0.3) is 0 Å². The van der Waals surface area contributed by atoms with E-state index in [1.165, 1.54) is 18.9 Å². The first-order chi connectivity index (χ1) is 9.44. The highest BCUT2D eigenvalue weighted by Crippen LogP contribution is 2.32. The highest BCUT2D eigenvalue weighted by atomic mass is 79.9. The summed E-state index contributed by atoms with van der Waals surface area (Å²) in [5, 5.41) is 3.19. The number of benzene rings is 1. The van der Waals surface area contributed by atoms with Gasteiger partial charge in [-0.15, -0.1) is 13.2 Å². The molecule has 1 aromatic carbocycles. The van der Waals surface area contributed by atoms with Gasteiger partial charge in [-0.25, -0.2) is 0 Å². The Morgan fingerprint density at radius 2 is 1.95 bits per heavy atom. The summed E-state index contributed by atoms with van der Waals surface area (Å²) in [5.74, 6) is -0.234. The average Bonchev–Trinajstić information content (AvgIpc) is 2.84. The van der Waals surface area contributed by atoms with Crippen LogP contribution >= 0.6 is 15.9 Å². The highest BCUT2D eigenvalue weighted by molar-refractivity contribution is 9.10. The average molecular weight is 353 g/mol. The van der Waals surface area contributed by atoms with Crippen LogP contribution in [0, 0.1) is 0 Å². The Labute approximate surface area is 124 Å². The van der Waals surface area contributed by atoms with E-state index in [1.54, 1.807) is 12.1 Å². The van der Waals surface area contributed by atoms with Crippen LogP contribution in [0.1, 0.15) is 12.8 Å². The van der Waals surface area contributed by atoms with Gasteiger partial charge in [-0.2, -0.15) is 0 Å². The van der Waals surface area contributed by atoms with Gasteiger partial charge in [0.25, 0.3) is 0 Å². The topological polar surface area (TPSA) is 24.5 Å². The number of nitrogens with zero attached hydrogens (tertiary/aromatic N) is 1. The molecular weight excluding hydrogens is 337 g/mol. The molecule has 1 aliphatic rings. The molecule has 0 aliphatic carbocycles. The summed E-state index contributed by atoms with van der Waals surface area (Å²) in [5.41, 5.74) is 0.769. The predicted octanol–water partition coefficient (Wildman–Crippen LogP) is 3.86. The summed E-state index contributed by atoms with van der Waals surface area (Å²) in [6.07, 6.45) is -2.18. The maximum atomic E-state index is 12.1. The first-order valence-electron chi connectivity index (χ1n) is 6.45. The Kier molecular flexibility index (Phi) is 5.15. The molecule has 3 nitrogen and oxygen atoms in total. The highest BCUT2D eigenvalue weighted by Gasteiger charge is 2.31. The molecule has 0 atom stereocenters. The molecule has 112 valence electrons. The maximum absolute atomic E-state index is 12.1. The number of hydrogen-bond donors (Lipinski definition) is 1. The lowest BCUT2D eigenvalue weighted by atomic mass is 10.3. The number of anilines is 1. The fourth-order valence-corrected chi connectivity index (χ4v) is 2.64. The third-order valence-electron chi connectivity index (χ3n) is 3.11. The van der Waals surface area contributed by atoms with Gasteiger partial charge in [0, 0.05) is 18.8 Å². The molecule has 7 heteroatoms. The molecular formula is C13H16BrF3N2O. The third-order valence-corrected chi connectivity index (χ3v) is 3.73. The molecule has 0 aromatic heterocycles. The molecule has 0 saturated carbocycles. The SMILES string of the molecule is FC(F)(F)Oc1ccc(NCCN2CCCC2)cc1Br. The lowest BCUT2D eigenvalue weighted by Gasteiger charge is -2.16. The quantitative estimate of drug-likeness (QED) is 0.870. The summed E-state index contributed by atoms with van der Waals surface area (Å²) in [6.45, 7) is 3.97. The van der Waals surface area contributed by atoms with E-state index < -0.39 is 6.36 Å². The second kappa shape index (κ2) is 6.67. The summed E-state index contributed by atoms with van der Waals surface area (Å²) in [7, 11) is 0. The van der Waals surface area contributed by atoms with Gasteiger partial charge in [-0.3, -0.25) is 0 Å². The number of alkyl halides is 3. The monoisotopic (exact) mass is 352 g/mol. The molecule has 1 heterocycles. The Balaban J connectivity index is 1.85. The van der Waals surface area contributed by atoms with Crippen LogP contribution in [0.5, 0.6) is 5.75 Å². The van der Waals surface area contributed by atoms with Crippen LogP contribution in [0.3, 0.4) is 0 Å². The largest absolute Gasteiger partial charge is 0.573 e. The molecule has 20 heavy (non-hydrogen) atoms. The van der Waals surface area contributed by atoms with Crippen LogP contribution in [0.4, 0.5) is 18.9 Å². The van der Waals surface area contributed by atoms with Crippen LogP contribution in [0.15, 0.2) is 22.7 Å². The van der Waals surface area contributed by atoms with Crippen molar-refractivity contribution >= 4 is 21.6 Å². The standard InChI is InChI=1S/C13H16BrF3N2O/c14-11-9-10(3-4-12(11)20-13(15,16)17)18-5-8-19-6-1-2-7-19/h3-4,9,18H,1-2,5-8H2. The van der Waals surface area contributed by atoms with Gasteiger partial charge < -0.3 is 15.0 Å². The lowest BCUT2D eigenvalue weighted by molar-refractivity contribution is -0.274. The van der Waals surface area contributed by atoms with E-state index in [0.29, 0.717) is 0 Å². The Morgan fingerprint density at radius 1 is 1.25 bits per heavy atom. The van der Waals surface area contributed by atoms with Gasteiger partial charge in [-0.05, 0) is 60.1 Å². The van der Waals surface area contributed by atoms with Crippen molar-refractivity contribution in [3.63, 3.8) is 0 Å². The van der Waals surface area contributed by atoms with Crippen molar-refractivity contribution in [2.24, 2.45) is 0 Å². The number of nitrogens with one attached hydrogen (secondary N) is 1. The fourth-order valence-electron chi connectivity index (χ4n) is 2.18. The van der Waals surface area contributed by atoms with E-state index in [9.17, 15) is 13.2 Å². The van der Waals surface area contributed by atoms with Gasteiger partial charge in [0.15, 0.2) is 0 Å². The van der Waals surface area contributed by atoms with Gasteiger partial charge in [0.05, 0.1) is 4.47 Å².